The maximum Gasteiger partial charge on any atom is 0.348 e. The molecule has 2 aromatic rings. The molecule has 28 heavy (non-hydrogen) atoms. The van der Waals surface area contributed by atoms with E-state index in [0.29, 0.717) is 16.7 Å². The number of carboxylic acid groups (broad SMARTS) is 3. The van der Waals surface area contributed by atoms with Crippen molar-refractivity contribution < 1.29 is 34.4 Å². The van der Waals surface area contributed by atoms with Crippen molar-refractivity contribution in [2.45, 2.75) is 38.4 Å². The zero-order chi connectivity index (χ0) is 21.1. The smallest absolute Gasteiger partial charge is 0.348 e. The molecule has 0 amide bonds. The van der Waals surface area contributed by atoms with Crippen LogP contribution < -0.4 is 0 Å². The average molecular weight is 386 g/mol. The third-order valence-corrected chi connectivity index (χ3v) is 4.05. The van der Waals surface area contributed by atoms with Crippen molar-refractivity contribution in [1.29, 1.82) is 0 Å². The molecular weight excluding hydrogens is 364 g/mol. The van der Waals surface area contributed by atoms with Gasteiger partial charge >= 0.3 is 17.9 Å². The molecule has 0 saturated heterocycles. The Hall–Kier alpha value is -3.19. The van der Waals surface area contributed by atoms with Gasteiger partial charge in [-0.15, -0.1) is 0 Å². The fourth-order valence-electron chi connectivity index (χ4n) is 2.90. The van der Waals surface area contributed by atoms with Crippen molar-refractivity contribution >= 4 is 17.9 Å². The lowest BCUT2D eigenvalue weighted by molar-refractivity contribution is -0.199. The van der Waals surface area contributed by atoms with Gasteiger partial charge in [0.2, 0.25) is 0 Å². The number of carboxylic acids is 3. The Morgan fingerprint density at radius 3 is 1.86 bits per heavy atom. The van der Waals surface area contributed by atoms with Crippen LogP contribution in [0.25, 0.3) is 11.1 Å². The topological polar surface area (TPSA) is 121 Å². The van der Waals surface area contributed by atoms with Crippen LogP contribution in [0.1, 0.15) is 36.7 Å². The van der Waals surface area contributed by atoms with Crippen molar-refractivity contribution in [1.82, 2.24) is 0 Å². The first-order chi connectivity index (χ1) is 13.0. The summed E-state index contributed by atoms with van der Waals surface area (Å²) in [6.07, 6.45) is -0.379. The van der Waals surface area contributed by atoms with Gasteiger partial charge in [-0.25, -0.2) is 14.4 Å². The van der Waals surface area contributed by atoms with Crippen LogP contribution in [0.4, 0.5) is 0 Å². The lowest BCUT2D eigenvalue weighted by Gasteiger charge is -2.33. The normalized spacial score (nSPS) is 11.8. The Labute approximate surface area is 162 Å². The van der Waals surface area contributed by atoms with E-state index in [-0.39, 0.29) is 12.0 Å². The molecule has 0 aliphatic carbocycles. The van der Waals surface area contributed by atoms with Gasteiger partial charge < -0.3 is 20.1 Å². The molecule has 0 fully saturated rings. The lowest BCUT2D eigenvalue weighted by Crippen LogP contribution is -2.54. The second kappa shape index (κ2) is 7.82. The maximum atomic E-state index is 11.8. The first-order valence-corrected chi connectivity index (χ1v) is 8.55. The number of rotatable bonds is 7. The minimum atomic E-state index is -2.43. The van der Waals surface area contributed by atoms with Crippen molar-refractivity contribution in [3.8, 4) is 11.1 Å². The largest absolute Gasteiger partial charge is 0.479 e. The van der Waals surface area contributed by atoms with E-state index in [1.807, 2.05) is 0 Å². The van der Waals surface area contributed by atoms with Crippen LogP contribution >= 0.6 is 0 Å². The zero-order valence-corrected chi connectivity index (χ0v) is 15.8. The van der Waals surface area contributed by atoms with Gasteiger partial charge in [0.05, 0.1) is 11.2 Å². The second-order valence-electron chi connectivity index (χ2n) is 7.38. The summed E-state index contributed by atoms with van der Waals surface area (Å²) in [7, 11) is 0. The Morgan fingerprint density at radius 1 is 0.857 bits per heavy atom. The minimum absolute atomic E-state index is 0.136. The fourth-order valence-corrected chi connectivity index (χ4v) is 2.90. The summed E-state index contributed by atoms with van der Waals surface area (Å²) in [5, 5.41) is 28.5. The number of hydrogen-bond donors (Lipinski definition) is 3. The van der Waals surface area contributed by atoms with Gasteiger partial charge in [0.25, 0.3) is 5.60 Å². The molecule has 0 atom stereocenters. The molecule has 148 valence electrons. The SMILES string of the molecule is CC(C)(C)OC(Cc1ccc(-c2ccccc2C(=O)O)cc1)(C(=O)O)C(=O)O. The summed E-state index contributed by atoms with van der Waals surface area (Å²) in [5.74, 6) is -4.24. The average Bonchev–Trinajstić information content (AvgIpc) is 2.60. The molecule has 0 aromatic heterocycles. The molecule has 0 aliphatic heterocycles. The number of benzene rings is 2. The molecule has 0 radical (unpaired) electrons. The van der Waals surface area contributed by atoms with Crippen LogP contribution in [0.15, 0.2) is 48.5 Å². The molecular formula is C21H22O7. The molecule has 7 heteroatoms. The van der Waals surface area contributed by atoms with Gasteiger partial charge in [-0.1, -0.05) is 42.5 Å². The standard InChI is InChI=1S/C21H22O7/c1-20(2,3)28-21(18(24)25,19(26)27)12-13-8-10-14(11-9-13)15-6-4-5-7-16(15)17(22)23/h4-11H,12H2,1-3H3,(H,22,23)(H,24,25)(H,26,27). The molecule has 3 N–H and O–H groups in total. The fraction of sp³-hybridized carbons (Fsp3) is 0.286. The van der Waals surface area contributed by atoms with Crippen LogP contribution in [-0.2, 0) is 20.7 Å². The van der Waals surface area contributed by atoms with Gasteiger partial charge in [-0.05, 0) is 43.5 Å². The van der Waals surface area contributed by atoms with Gasteiger partial charge in [-0.3, -0.25) is 0 Å². The first-order valence-electron chi connectivity index (χ1n) is 8.55. The highest BCUT2D eigenvalue weighted by Gasteiger charge is 2.50. The highest BCUT2D eigenvalue weighted by atomic mass is 16.6. The van der Waals surface area contributed by atoms with Gasteiger partial charge in [-0.2, -0.15) is 0 Å². The summed E-state index contributed by atoms with van der Waals surface area (Å²) < 4.78 is 5.44. The Kier molecular flexibility index (Phi) is 5.89. The molecule has 0 saturated carbocycles. The number of carbonyl (C=O) groups is 3. The predicted octanol–water partition coefficient (Wildman–Crippen LogP) is 3.32. The summed E-state index contributed by atoms with van der Waals surface area (Å²) in [4.78, 5) is 34.9. The summed E-state index contributed by atoms with van der Waals surface area (Å²) >= 11 is 0. The monoisotopic (exact) mass is 386 g/mol. The molecule has 7 nitrogen and oxygen atoms in total. The Morgan fingerprint density at radius 2 is 1.39 bits per heavy atom. The van der Waals surface area contributed by atoms with Crippen LogP contribution in [0, 0.1) is 0 Å². The van der Waals surface area contributed by atoms with Gasteiger partial charge in [0.15, 0.2) is 0 Å². The second-order valence-corrected chi connectivity index (χ2v) is 7.38. The molecule has 0 aliphatic rings. The van der Waals surface area contributed by atoms with Gasteiger partial charge in [0, 0.05) is 6.42 Å². The third kappa shape index (κ3) is 4.55. The van der Waals surface area contributed by atoms with Crippen LogP contribution in [0.5, 0.6) is 0 Å². The van der Waals surface area contributed by atoms with Crippen molar-refractivity contribution in [2.75, 3.05) is 0 Å². The van der Waals surface area contributed by atoms with E-state index in [0.717, 1.165) is 0 Å². The van der Waals surface area contributed by atoms with Crippen LogP contribution in [0.3, 0.4) is 0 Å². The van der Waals surface area contributed by atoms with Crippen LogP contribution in [0.2, 0.25) is 0 Å². The number of aromatic carboxylic acids is 1. The predicted molar refractivity (Wildman–Crippen MR) is 101 cm³/mol. The Balaban J connectivity index is 2.40. The van der Waals surface area contributed by atoms with E-state index in [1.165, 1.54) is 6.07 Å². The summed E-state index contributed by atoms with van der Waals surface area (Å²) in [6, 6.07) is 12.9. The van der Waals surface area contributed by atoms with Crippen LogP contribution in [-0.4, -0.2) is 44.4 Å². The van der Waals surface area contributed by atoms with E-state index in [4.69, 9.17) is 4.74 Å². The third-order valence-electron chi connectivity index (χ3n) is 4.05. The molecule has 0 unspecified atom stereocenters. The summed E-state index contributed by atoms with van der Waals surface area (Å²) in [6.45, 7) is 4.75. The maximum absolute atomic E-state index is 11.8. The number of hydrogen-bond acceptors (Lipinski definition) is 4. The highest BCUT2D eigenvalue weighted by Crippen LogP contribution is 2.28. The van der Waals surface area contributed by atoms with E-state index in [9.17, 15) is 29.7 Å². The molecule has 0 heterocycles. The molecule has 0 spiro atoms. The first kappa shape index (κ1) is 21.1. The van der Waals surface area contributed by atoms with E-state index < -0.39 is 29.1 Å². The molecule has 0 bridgehead atoms. The highest BCUT2D eigenvalue weighted by molar-refractivity contribution is 6.02. The zero-order valence-electron chi connectivity index (χ0n) is 15.8. The molecule has 2 rings (SSSR count). The van der Waals surface area contributed by atoms with Crippen molar-refractivity contribution in [3.05, 3.63) is 59.7 Å². The Bertz CT molecular complexity index is 878. The number of aliphatic carboxylic acids is 2. The van der Waals surface area contributed by atoms with E-state index in [2.05, 4.69) is 0 Å². The number of ether oxygens (including phenoxy) is 1. The van der Waals surface area contributed by atoms with Crippen molar-refractivity contribution in [3.63, 3.8) is 0 Å². The van der Waals surface area contributed by atoms with E-state index >= 15 is 0 Å². The summed E-state index contributed by atoms with van der Waals surface area (Å²) in [5.41, 5.74) is -1.72. The van der Waals surface area contributed by atoms with E-state index in [1.54, 1.807) is 63.2 Å². The minimum Gasteiger partial charge on any atom is -0.479 e. The lowest BCUT2D eigenvalue weighted by atomic mass is 9.91. The van der Waals surface area contributed by atoms with Crippen molar-refractivity contribution in [2.24, 2.45) is 0 Å². The molecule has 2 aromatic carbocycles. The quantitative estimate of drug-likeness (QED) is 0.624. The van der Waals surface area contributed by atoms with Gasteiger partial charge in [0.1, 0.15) is 0 Å².